The van der Waals surface area contributed by atoms with Crippen LogP contribution >= 0.6 is 0 Å². The van der Waals surface area contributed by atoms with Crippen LogP contribution < -0.4 is 5.32 Å². The molecule has 0 fully saturated rings. The first-order valence-corrected chi connectivity index (χ1v) is 7.94. The highest BCUT2D eigenvalue weighted by atomic mass is 16.3. The van der Waals surface area contributed by atoms with Gasteiger partial charge in [-0.25, -0.2) is 0 Å². The Labute approximate surface area is 137 Å². The van der Waals surface area contributed by atoms with Crippen LogP contribution in [-0.2, 0) is 6.54 Å². The van der Waals surface area contributed by atoms with E-state index in [9.17, 15) is 9.90 Å². The van der Waals surface area contributed by atoms with Crippen LogP contribution in [0.2, 0.25) is 0 Å². The fourth-order valence-corrected chi connectivity index (χ4v) is 2.55. The maximum atomic E-state index is 12.3. The molecule has 0 saturated carbocycles. The molecule has 1 unspecified atom stereocenters. The lowest BCUT2D eigenvalue weighted by Gasteiger charge is -2.14. The smallest absolute Gasteiger partial charge is 0.254 e. The van der Waals surface area contributed by atoms with Gasteiger partial charge in [-0.3, -0.25) is 9.48 Å². The molecule has 5 nitrogen and oxygen atoms in total. The minimum atomic E-state index is -0.717. The van der Waals surface area contributed by atoms with E-state index in [2.05, 4.69) is 24.3 Å². The third-order valence-corrected chi connectivity index (χ3v) is 3.89. The van der Waals surface area contributed by atoms with E-state index in [1.165, 1.54) is 0 Å². The summed E-state index contributed by atoms with van der Waals surface area (Å²) in [7, 11) is 0. The van der Waals surface area contributed by atoms with Crippen molar-refractivity contribution in [1.29, 1.82) is 0 Å². The monoisotopic (exact) mass is 315 g/mol. The number of amides is 1. The Bertz CT molecular complexity index is 677. The Morgan fingerprint density at radius 1 is 1.30 bits per heavy atom. The number of aryl methyl sites for hydroxylation is 1. The maximum absolute atomic E-state index is 12.3. The number of hydrogen-bond donors (Lipinski definition) is 2. The highest BCUT2D eigenvalue weighted by Crippen LogP contribution is 2.16. The van der Waals surface area contributed by atoms with Crippen LogP contribution in [0.25, 0.3) is 0 Å². The van der Waals surface area contributed by atoms with Crippen molar-refractivity contribution in [2.75, 3.05) is 6.54 Å². The molecular weight excluding hydrogens is 290 g/mol. The molecule has 0 aliphatic heterocycles. The zero-order chi connectivity index (χ0) is 17.0. The number of carbonyl (C=O) groups is 1. The van der Waals surface area contributed by atoms with E-state index in [1.54, 1.807) is 6.20 Å². The van der Waals surface area contributed by atoms with Crippen LogP contribution in [0.5, 0.6) is 0 Å². The summed E-state index contributed by atoms with van der Waals surface area (Å²) < 4.78 is 1.84. The first-order valence-electron chi connectivity index (χ1n) is 7.94. The van der Waals surface area contributed by atoms with E-state index < -0.39 is 6.10 Å². The number of aliphatic hydroxyl groups is 1. The number of carbonyl (C=O) groups excluding carboxylic acids is 1. The molecule has 124 valence electrons. The van der Waals surface area contributed by atoms with Gasteiger partial charge in [0.1, 0.15) is 0 Å². The summed E-state index contributed by atoms with van der Waals surface area (Å²) in [6.07, 6.45) is 0.874. The molecule has 0 bridgehead atoms. The minimum Gasteiger partial charge on any atom is -0.387 e. The van der Waals surface area contributed by atoms with Gasteiger partial charge in [-0.05, 0) is 30.9 Å². The summed E-state index contributed by atoms with van der Waals surface area (Å²) in [4.78, 5) is 12.3. The van der Waals surface area contributed by atoms with Gasteiger partial charge in [0.15, 0.2) is 0 Å². The standard InChI is InChI=1S/C18H25N3O2/c1-12(2)11-21-14(4)16(9-20-21)18(23)19-10-17(22)15-8-6-5-7-13(15)3/h5-9,12,17,22H,10-11H2,1-4H3,(H,19,23). The van der Waals surface area contributed by atoms with Gasteiger partial charge in [0.2, 0.25) is 0 Å². The Balaban J connectivity index is 2.00. The summed E-state index contributed by atoms with van der Waals surface area (Å²) in [5, 5.41) is 17.3. The molecule has 0 saturated heterocycles. The average molecular weight is 315 g/mol. The first kappa shape index (κ1) is 17.2. The molecule has 0 spiro atoms. The van der Waals surface area contributed by atoms with Gasteiger partial charge in [0.05, 0.1) is 17.9 Å². The maximum Gasteiger partial charge on any atom is 0.254 e. The SMILES string of the molecule is Cc1ccccc1C(O)CNC(=O)c1cnn(CC(C)C)c1C. The number of aromatic nitrogens is 2. The molecule has 23 heavy (non-hydrogen) atoms. The van der Waals surface area contributed by atoms with Crippen LogP contribution in [-0.4, -0.2) is 27.3 Å². The van der Waals surface area contributed by atoms with Gasteiger partial charge < -0.3 is 10.4 Å². The summed E-state index contributed by atoms with van der Waals surface area (Å²) in [5.41, 5.74) is 3.25. The fraction of sp³-hybridized carbons (Fsp3) is 0.444. The third-order valence-electron chi connectivity index (χ3n) is 3.89. The van der Waals surface area contributed by atoms with Gasteiger partial charge >= 0.3 is 0 Å². The third kappa shape index (κ3) is 4.20. The highest BCUT2D eigenvalue weighted by molar-refractivity contribution is 5.95. The largest absolute Gasteiger partial charge is 0.387 e. The molecule has 0 aliphatic carbocycles. The van der Waals surface area contributed by atoms with Gasteiger partial charge in [0, 0.05) is 18.8 Å². The van der Waals surface area contributed by atoms with Crippen molar-refractivity contribution < 1.29 is 9.90 Å². The van der Waals surface area contributed by atoms with Crippen LogP contribution in [0.4, 0.5) is 0 Å². The van der Waals surface area contributed by atoms with E-state index in [0.717, 1.165) is 23.4 Å². The molecule has 2 aromatic rings. The lowest BCUT2D eigenvalue weighted by atomic mass is 10.0. The van der Waals surface area contributed by atoms with Crippen molar-refractivity contribution in [2.45, 2.75) is 40.3 Å². The van der Waals surface area contributed by atoms with Gasteiger partial charge in [-0.2, -0.15) is 5.10 Å². The topological polar surface area (TPSA) is 67.2 Å². The molecule has 1 heterocycles. The second-order valence-electron chi connectivity index (χ2n) is 6.30. The minimum absolute atomic E-state index is 0.179. The highest BCUT2D eigenvalue weighted by Gasteiger charge is 2.17. The molecule has 1 atom stereocenters. The van der Waals surface area contributed by atoms with Crippen molar-refractivity contribution in [3.8, 4) is 0 Å². The lowest BCUT2D eigenvalue weighted by Crippen LogP contribution is -2.29. The normalized spacial score (nSPS) is 12.4. The summed E-state index contributed by atoms with van der Waals surface area (Å²) in [6.45, 7) is 9.02. The Morgan fingerprint density at radius 2 is 2.00 bits per heavy atom. The molecule has 2 rings (SSSR count). The van der Waals surface area contributed by atoms with Gasteiger partial charge in [-0.1, -0.05) is 38.1 Å². The van der Waals surface area contributed by atoms with Gasteiger partial charge in [-0.15, -0.1) is 0 Å². The molecule has 1 amide bonds. The van der Waals surface area contributed by atoms with Crippen LogP contribution in [0.1, 0.15) is 47.1 Å². The summed E-state index contributed by atoms with van der Waals surface area (Å²) in [5.74, 6) is 0.262. The van der Waals surface area contributed by atoms with Crippen molar-refractivity contribution >= 4 is 5.91 Å². The van der Waals surface area contributed by atoms with Crippen LogP contribution in [0.3, 0.4) is 0 Å². The number of hydrogen-bond acceptors (Lipinski definition) is 3. The fourth-order valence-electron chi connectivity index (χ4n) is 2.55. The molecular formula is C18H25N3O2. The lowest BCUT2D eigenvalue weighted by molar-refractivity contribution is 0.0915. The first-order chi connectivity index (χ1) is 10.9. The number of rotatable bonds is 6. The van der Waals surface area contributed by atoms with Crippen LogP contribution in [0, 0.1) is 19.8 Å². The molecule has 1 aromatic carbocycles. The van der Waals surface area contributed by atoms with Crippen molar-refractivity contribution in [2.24, 2.45) is 5.92 Å². The van der Waals surface area contributed by atoms with Gasteiger partial charge in [0.25, 0.3) is 5.91 Å². The Morgan fingerprint density at radius 3 is 2.65 bits per heavy atom. The summed E-state index contributed by atoms with van der Waals surface area (Å²) >= 11 is 0. The molecule has 0 aliphatic rings. The van der Waals surface area contributed by atoms with E-state index in [0.29, 0.717) is 11.5 Å². The molecule has 2 N–H and O–H groups in total. The zero-order valence-electron chi connectivity index (χ0n) is 14.2. The quantitative estimate of drug-likeness (QED) is 0.861. The van der Waals surface area contributed by atoms with Crippen molar-refractivity contribution in [1.82, 2.24) is 15.1 Å². The van der Waals surface area contributed by atoms with E-state index in [4.69, 9.17) is 0 Å². The second kappa shape index (κ2) is 7.42. The van der Waals surface area contributed by atoms with Crippen LogP contribution in [0.15, 0.2) is 30.5 Å². The van der Waals surface area contributed by atoms with E-state index in [1.807, 2.05) is 42.8 Å². The predicted octanol–water partition coefficient (Wildman–Crippen LogP) is 2.62. The van der Waals surface area contributed by atoms with E-state index >= 15 is 0 Å². The summed E-state index contributed by atoms with van der Waals surface area (Å²) in [6, 6.07) is 7.63. The molecule has 0 radical (unpaired) electrons. The number of nitrogens with one attached hydrogen (secondary N) is 1. The average Bonchev–Trinajstić information content (AvgIpc) is 2.85. The molecule has 1 aromatic heterocycles. The Hall–Kier alpha value is -2.14. The number of benzene rings is 1. The van der Waals surface area contributed by atoms with Crippen molar-refractivity contribution in [3.63, 3.8) is 0 Å². The number of aliphatic hydroxyl groups excluding tert-OH is 1. The number of nitrogens with zero attached hydrogens (tertiary/aromatic N) is 2. The zero-order valence-corrected chi connectivity index (χ0v) is 14.2. The van der Waals surface area contributed by atoms with Crippen molar-refractivity contribution in [3.05, 3.63) is 52.8 Å². The predicted molar refractivity (Wildman–Crippen MR) is 90.3 cm³/mol. The molecule has 5 heteroatoms. The Kier molecular flexibility index (Phi) is 5.55. The van der Waals surface area contributed by atoms with E-state index in [-0.39, 0.29) is 12.5 Å². The second-order valence-corrected chi connectivity index (χ2v) is 6.30.